The van der Waals surface area contributed by atoms with Crippen LogP contribution in [-0.2, 0) is 6.54 Å². The fraction of sp³-hybridized carbons (Fsp3) is 0.667. The van der Waals surface area contributed by atoms with Gasteiger partial charge in [0.05, 0.1) is 11.8 Å². The van der Waals surface area contributed by atoms with Gasteiger partial charge in [-0.3, -0.25) is 9.48 Å². The van der Waals surface area contributed by atoms with Crippen LogP contribution in [0, 0.1) is 17.8 Å². The maximum Gasteiger partial charge on any atom is 0.169 e. The fourth-order valence-corrected chi connectivity index (χ4v) is 3.07. The van der Waals surface area contributed by atoms with E-state index in [0.717, 1.165) is 12.1 Å². The van der Waals surface area contributed by atoms with E-state index in [4.69, 9.17) is 0 Å². The highest BCUT2D eigenvalue weighted by Crippen LogP contribution is 2.58. The van der Waals surface area contributed by atoms with Gasteiger partial charge in [0.15, 0.2) is 5.78 Å². The molecular formula is C12H16N2O. The van der Waals surface area contributed by atoms with Crippen molar-refractivity contribution in [2.24, 2.45) is 17.8 Å². The quantitative estimate of drug-likeness (QED) is 0.707. The predicted octanol–water partition coefficient (Wildman–Crippen LogP) is 2.13. The Morgan fingerprint density at radius 1 is 1.53 bits per heavy atom. The molecule has 3 rings (SSSR count). The van der Waals surface area contributed by atoms with E-state index in [0.29, 0.717) is 23.5 Å². The molecule has 0 amide bonds. The van der Waals surface area contributed by atoms with E-state index in [2.05, 4.69) is 5.10 Å². The summed E-state index contributed by atoms with van der Waals surface area (Å²) >= 11 is 0. The predicted molar refractivity (Wildman–Crippen MR) is 56.6 cm³/mol. The first-order chi connectivity index (χ1) is 7.31. The molecule has 2 unspecified atom stereocenters. The van der Waals surface area contributed by atoms with E-state index in [1.54, 1.807) is 6.20 Å². The Kier molecular flexibility index (Phi) is 1.94. The maximum absolute atomic E-state index is 12.1. The number of carbonyl (C=O) groups is 1. The lowest BCUT2D eigenvalue weighted by Gasteiger charge is -1.99. The van der Waals surface area contributed by atoms with Gasteiger partial charge in [0, 0.05) is 18.7 Å². The average molecular weight is 204 g/mol. The van der Waals surface area contributed by atoms with Gasteiger partial charge in [-0.2, -0.15) is 5.10 Å². The highest BCUT2D eigenvalue weighted by Gasteiger charge is 2.56. The average Bonchev–Trinajstić information content (AvgIpc) is 2.73. The first kappa shape index (κ1) is 9.13. The standard InChI is InChI=1S/C12H16N2O/c1-2-14-7-8(6-13-14)12(15)11-9-4-3-5-10(9)11/h6-7,9-11H,2-5H2,1H3. The molecule has 2 aliphatic carbocycles. The Morgan fingerprint density at radius 2 is 2.27 bits per heavy atom. The molecule has 0 aromatic carbocycles. The molecule has 2 fully saturated rings. The lowest BCUT2D eigenvalue weighted by Crippen LogP contribution is -2.05. The molecule has 15 heavy (non-hydrogen) atoms. The molecule has 2 saturated carbocycles. The Hall–Kier alpha value is -1.12. The zero-order valence-electron chi connectivity index (χ0n) is 9.02. The fourth-order valence-electron chi connectivity index (χ4n) is 3.07. The van der Waals surface area contributed by atoms with Gasteiger partial charge in [-0.05, 0) is 31.6 Å². The molecule has 0 spiro atoms. The molecule has 1 aromatic heterocycles. The highest BCUT2D eigenvalue weighted by molar-refractivity contribution is 5.99. The smallest absolute Gasteiger partial charge is 0.169 e. The number of rotatable bonds is 3. The van der Waals surface area contributed by atoms with Crippen LogP contribution in [0.5, 0.6) is 0 Å². The third-order valence-electron chi connectivity index (χ3n) is 3.95. The van der Waals surface area contributed by atoms with E-state index in [9.17, 15) is 4.79 Å². The minimum Gasteiger partial charge on any atom is -0.294 e. The zero-order valence-corrected chi connectivity index (χ0v) is 9.02. The summed E-state index contributed by atoms with van der Waals surface area (Å²) in [7, 11) is 0. The third-order valence-corrected chi connectivity index (χ3v) is 3.95. The monoisotopic (exact) mass is 204 g/mol. The molecule has 1 aromatic rings. The number of fused-ring (bicyclic) bond motifs is 1. The van der Waals surface area contributed by atoms with Crippen LogP contribution in [-0.4, -0.2) is 15.6 Å². The molecule has 3 nitrogen and oxygen atoms in total. The molecule has 0 N–H and O–H groups in total. The topological polar surface area (TPSA) is 34.9 Å². The molecule has 80 valence electrons. The summed E-state index contributed by atoms with van der Waals surface area (Å²) in [6.07, 6.45) is 7.47. The van der Waals surface area contributed by atoms with E-state index in [1.165, 1.54) is 19.3 Å². The van der Waals surface area contributed by atoms with Crippen LogP contribution >= 0.6 is 0 Å². The van der Waals surface area contributed by atoms with Crippen LogP contribution in [0.4, 0.5) is 0 Å². The second-order valence-electron chi connectivity index (χ2n) is 4.73. The molecule has 0 bridgehead atoms. The van der Waals surface area contributed by atoms with Crippen molar-refractivity contribution in [3.05, 3.63) is 18.0 Å². The third kappa shape index (κ3) is 1.33. The first-order valence-electron chi connectivity index (χ1n) is 5.88. The van der Waals surface area contributed by atoms with Crippen molar-refractivity contribution in [1.29, 1.82) is 0 Å². The molecule has 2 aliphatic rings. The summed E-state index contributed by atoms with van der Waals surface area (Å²) in [5.74, 6) is 2.10. The molecule has 1 heterocycles. The summed E-state index contributed by atoms with van der Waals surface area (Å²) < 4.78 is 1.82. The summed E-state index contributed by atoms with van der Waals surface area (Å²) in [5, 5.41) is 4.16. The number of aromatic nitrogens is 2. The Morgan fingerprint density at radius 3 is 2.87 bits per heavy atom. The summed E-state index contributed by atoms with van der Waals surface area (Å²) in [5.41, 5.74) is 0.816. The van der Waals surface area contributed by atoms with Crippen molar-refractivity contribution in [3.8, 4) is 0 Å². The van der Waals surface area contributed by atoms with E-state index >= 15 is 0 Å². The number of hydrogen-bond acceptors (Lipinski definition) is 2. The van der Waals surface area contributed by atoms with Crippen molar-refractivity contribution in [2.45, 2.75) is 32.7 Å². The van der Waals surface area contributed by atoms with Crippen LogP contribution in [0.3, 0.4) is 0 Å². The largest absolute Gasteiger partial charge is 0.294 e. The van der Waals surface area contributed by atoms with Gasteiger partial charge in [0.1, 0.15) is 0 Å². The Balaban J connectivity index is 1.75. The molecule has 3 heteroatoms. The van der Waals surface area contributed by atoms with Crippen LogP contribution in [0.15, 0.2) is 12.4 Å². The number of nitrogens with zero attached hydrogens (tertiary/aromatic N) is 2. The van der Waals surface area contributed by atoms with Crippen molar-refractivity contribution in [1.82, 2.24) is 9.78 Å². The van der Waals surface area contributed by atoms with Gasteiger partial charge >= 0.3 is 0 Å². The minimum atomic E-state index is 0.337. The zero-order chi connectivity index (χ0) is 10.4. The van der Waals surface area contributed by atoms with E-state index in [-0.39, 0.29) is 0 Å². The summed E-state index contributed by atoms with van der Waals surface area (Å²) in [4.78, 5) is 12.1. The first-order valence-corrected chi connectivity index (χ1v) is 5.88. The van der Waals surface area contributed by atoms with Gasteiger partial charge in [0.25, 0.3) is 0 Å². The van der Waals surface area contributed by atoms with Crippen molar-refractivity contribution < 1.29 is 4.79 Å². The van der Waals surface area contributed by atoms with Gasteiger partial charge in [-0.15, -0.1) is 0 Å². The maximum atomic E-state index is 12.1. The molecule has 2 atom stereocenters. The number of Topliss-reactive ketones (excluding diaryl/α,β-unsaturated/α-hetero) is 1. The lowest BCUT2D eigenvalue weighted by molar-refractivity contribution is 0.0951. The highest BCUT2D eigenvalue weighted by atomic mass is 16.1. The minimum absolute atomic E-state index is 0.337. The summed E-state index contributed by atoms with van der Waals surface area (Å²) in [6.45, 7) is 2.87. The van der Waals surface area contributed by atoms with E-state index in [1.807, 2.05) is 17.8 Å². The van der Waals surface area contributed by atoms with Crippen molar-refractivity contribution in [3.63, 3.8) is 0 Å². The molecule has 0 aliphatic heterocycles. The number of aryl methyl sites for hydroxylation is 1. The van der Waals surface area contributed by atoms with Gasteiger partial charge in [-0.1, -0.05) is 6.42 Å². The second-order valence-corrected chi connectivity index (χ2v) is 4.73. The molecule has 0 radical (unpaired) electrons. The van der Waals surface area contributed by atoms with Gasteiger partial charge in [-0.25, -0.2) is 0 Å². The van der Waals surface area contributed by atoms with Crippen LogP contribution in [0.1, 0.15) is 36.5 Å². The normalized spacial score (nSPS) is 32.7. The van der Waals surface area contributed by atoms with Gasteiger partial charge in [0.2, 0.25) is 0 Å². The van der Waals surface area contributed by atoms with Crippen LogP contribution in [0.2, 0.25) is 0 Å². The van der Waals surface area contributed by atoms with Gasteiger partial charge < -0.3 is 0 Å². The summed E-state index contributed by atoms with van der Waals surface area (Å²) in [6, 6.07) is 0. The second kappa shape index (κ2) is 3.19. The van der Waals surface area contributed by atoms with Crippen molar-refractivity contribution in [2.75, 3.05) is 0 Å². The van der Waals surface area contributed by atoms with Crippen molar-refractivity contribution >= 4 is 5.78 Å². The van der Waals surface area contributed by atoms with Crippen LogP contribution < -0.4 is 0 Å². The van der Waals surface area contributed by atoms with E-state index < -0.39 is 0 Å². The lowest BCUT2D eigenvalue weighted by atomic mass is 10.0. The number of hydrogen-bond donors (Lipinski definition) is 0. The molecule has 0 saturated heterocycles. The Bertz CT molecular complexity index is 386. The SMILES string of the molecule is CCn1cc(C(=O)C2C3CCCC32)cn1. The number of carbonyl (C=O) groups excluding carboxylic acids is 1. The Labute approximate surface area is 89.5 Å². The molecular weight excluding hydrogens is 188 g/mol. The van der Waals surface area contributed by atoms with Crippen LogP contribution in [0.25, 0.3) is 0 Å². The number of ketones is 1.